The van der Waals surface area contributed by atoms with Crippen molar-refractivity contribution in [1.82, 2.24) is 5.32 Å². The summed E-state index contributed by atoms with van der Waals surface area (Å²) in [6, 6.07) is 14.5. The molecule has 1 N–H and O–H groups in total. The van der Waals surface area contributed by atoms with Crippen molar-refractivity contribution in [3.05, 3.63) is 69.5 Å². The molecule has 0 saturated carbocycles. The summed E-state index contributed by atoms with van der Waals surface area (Å²) in [5.74, 6) is 0.210. The van der Waals surface area contributed by atoms with E-state index in [0.29, 0.717) is 12.1 Å². The predicted octanol–water partition coefficient (Wildman–Crippen LogP) is 4.80. The molecule has 2 aromatic rings. The van der Waals surface area contributed by atoms with Gasteiger partial charge in [-0.3, -0.25) is 10.1 Å². The maximum Gasteiger partial charge on any atom is 0.265 e. The van der Waals surface area contributed by atoms with E-state index in [1.165, 1.54) is 16.3 Å². The van der Waals surface area contributed by atoms with Crippen molar-refractivity contribution in [2.45, 2.75) is 39.2 Å². The molecule has 120 valence electrons. The highest BCUT2D eigenvalue weighted by molar-refractivity contribution is 5.86. The van der Waals surface area contributed by atoms with Gasteiger partial charge in [0.15, 0.2) is 0 Å². The SMILES string of the molecule is CC1CCCC([N+](=O)[O-])=C1N[C@@H](C)c1cccc2ccccc12. The number of hydrogen-bond acceptors (Lipinski definition) is 3. The van der Waals surface area contributed by atoms with Crippen LogP contribution in [0.4, 0.5) is 0 Å². The van der Waals surface area contributed by atoms with Crippen LogP contribution in [0.5, 0.6) is 0 Å². The third-order valence-electron chi connectivity index (χ3n) is 4.74. The van der Waals surface area contributed by atoms with Crippen molar-refractivity contribution in [2.75, 3.05) is 0 Å². The fourth-order valence-corrected chi connectivity index (χ4v) is 3.49. The monoisotopic (exact) mass is 310 g/mol. The van der Waals surface area contributed by atoms with E-state index in [-0.39, 0.29) is 16.9 Å². The van der Waals surface area contributed by atoms with E-state index in [1.807, 2.05) is 18.2 Å². The first-order chi connectivity index (χ1) is 11.1. The minimum Gasteiger partial charge on any atom is -0.376 e. The first kappa shape index (κ1) is 15.5. The maximum atomic E-state index is 11.3. The van der Waals surface area contributed by atoms with Crippen LogP contribution in [-0.2, 0) is 0 Å². The smallest absolute Gasteiger partial charge is 0.265 e. The molecule has 1 aliphatic carbocycles. The largest absolute Gasteiger partial charge is 0.376 e. The number of nitrogens with one attached hydrogen (secondary N) is 1. The van der Waals surface area contributed by atoms with Crippen molar-refractivity contribution in [2.24, 2.45) is 5.92 Å². The van der Waals surface area contributed by atoms with Crippen LogP contribution in [-0.4, -0.2) is 4.92 Å². The van der Waals surface area contributed by atoms with Gasteiger partial charge in [0.1, 0.15) is 0 Å². The molecule has 0 fully saturated rings. The van der Waals surface area contributed by atoms with Crippen LogP contribution in [0.25, 0.3) is 10.8 Å². The molecule has 23 heavy (non-hydrogen) atoms. The van der Waals surface area contributed by atoms with Gasteiger partial charge < -0.3 is 5.32 Å². The Hall–Kier alpha value is -2.36. The molecule has 0 spiro atoms. The van der Waals surface area contributed by atoms with Crippen molar-refractivity contribution in [1.29, 1.82) is 0 Å². The minimum atomic E-state index is -0.214. The zero-order chi connectivity index (χ0) is 16.4. The van der Waals surface area contributed by atoms with Gasteiger partial charge in [-0.2, -0.15) is 0 Å². The van der Waals surface area contributed by atoms with Gasteiger partial charge in [0.25, 0.3) is 5.70 Å². The van der Waals surface area contributed by atoms with Crippen LogP contribution in [0, 0.1) is 16.0 Å². The second-order valence-electron chi connectivity index (χ2n) is 6.35. The summed E-state index contributed by atoms with van der Waals surface area (Å²) in [6.45, 7) is 4.15. The molecule has 0 aromatic heterocycles. The molecule has 0 amide bonds. The standard InChI is InChI=1S/C19H22N2O2/c1-13-7-5-12-18(21(22)23)19(13)20-14(2)16-11-6-9-15-8-3-4-10-17(15)16/h3-4,6,8-11,13-14,20H,5,7,12H2,1-2H3/t13?,14-/m0/s1. The van der Waals surface area contributed by atoms with Gasteiger partial charge in [0.2, 0.25) is 0 Å². The lowest BCUT2D eigenvalue weighted by Gasteiger charge is -2.26. The lowest BCUT2D eigenvalue weighted by atomic mass is 9.90. The first-order valence-corrected chi connectivity index (χ1v) is 8.19. The van der Waals surface area contributed by atoms with E-state index in [4.69, 9.17) is 0 Å². The molecule has 1 unspecified atom stereocenters. The first-order valence-electron chi connectivity index (χ1n) is 8.19. The van der Waals surface area contributed by atoms with Gasteiger partial charge in [-0.25, -0.2) is 0 Å². The number of allylic oxidation sites excluding steroid dienone is 2. The molecule has 2 atom stereocenters. The number of nitro groups is 1. The van der Waals surface area contributed by atoms with Crippen LogP contribution in [0.2, 0.25) is 0 Å². The fourth-order valence-electron chi connectivity index (χ4n) is 3.49. The van der Waals surface area contributed by atoms with Crippen LogP contribution in [0.15, 0.2) is 53.9 Å². The summed E-state index contributed by atoms with van der Waals surface area (Å²) in [5, 5.41) is 17.2. The second kappa shape index (κ2) is 6.41. The fraction of sp³-hybridized carbons (Fsp3) is 0.368. The number of nitrogens with zero attached hydrogens (tertiary/aromatic N) is 1. The molecule has 4 nitrogen and oxygen atoms in total. The molecule has 0 saturated heterocycles. The molecule has 4 heteroatoms. The van der Waals surface area contributed by atoms with Gasteiger partial charge >= 0.3 is 0 Å². The Kier molecular flexibility index (Phi) is 4.33. The highest BCUT2D eigenvalue weighted by Gasteiger charge is 2.28. The molecular formula is C19H22N2O2. The third kappa shape index (κ3) is 3.07. The number of benzene rings is 2. The Balaban J connectivity index is 1.96. The third-order valence-corrected chi connectivity index (χ3v) is 4.74. The van der Waals surface area contributed by atoms with E-state index in [0.717, 1.165) is 18.5 Å². The lowest BCUT2D eigenvalue weighted by Crippen LogP contribution is -2.28. The van der Waals surface area contributed by atoms with E-state index in [2.05, 4.69) is 43.4 Å². The van der Waals surface area contributed by atoms with Gasteiger partial charge in [-0.05, 0) is 36.1 Å². The summed E-state index contributed by atoms with van der Waals surface area (Å²) >= 11 is 0. The number of hydrogen-bond donors (Lipinski definition) is 1. The maximum absolute atomic E-state index is 11.3. The number of fused-ring (bicyclic) bond motifs is 1. The van der Waals surface area contributed by atoms with E-state index in [9.17, 15) is 10.1 Å². The van der Waals surface area contributed by atoms with Gasteiger partial charge in [0.05, 0.1) is 10.6 Å². The Bertz CT molecular complexity index is 762. The zero-order valence-corrected chi connectivity index (χ0v) is 13.6. The Morgan fingerprint density at radius 1 is 1.22 bits per heavy atom. The van der Waals surface area contributed by atoms with E-state index in [1.54, 1.807) is 0 Å². The summed E-state index contributed by atoms with van der Waals surface area (Å²) in [5.41, 5.74) is 2.34. The van der Waals surface area contributed by atoms with Crippen molar-refractivity contribution in [3.8, 4) is 0 Å². The molecule has 2 aromatic carbocycles. The summed E-state index contributed by atoms with van der Waals surface area (Å²) in [6.07, 6.45) is 2.45. The van der Waals surface area contributed by atoms with Crippen molar-refractivity contribution >= 4 is 10.8 Å². The lowest BCUT2D eigenvalue weighted by molar-refractivity contribution is -0.431. The second-order valence-corrected chi connectivity index (χ2v) is 6.35. The Morgan fingerprint density at radius 2 is 1.96 bits per heavy atom. The highest BCUT2D eigenvalue weighted by Crippen LogP contribution is 2.32. The van der Waals surface area contributed by atoms with E-state index < -0.39 is 0 Å². The topological polar surface area (TPSA) is 55.2 Å². The average molecular weight is 310 g/mol. The van der Waals surface area contributed by atoms with Gasteiger partial charge in [-0.15, -0.1) is 0 Å². The molecule has 0 bridgehead atoms. The zero-order valence-electron chi connectivity index (χ0n) is 13.6. The molecule has 0 radical (unpaired) electrons. The summed E-state index contributed by atoms with van der Waals surface area (Å²) in [4.78, 5) is 11.1. The molecule has 3 rings (SSSR count). The molecule has 0 aliphatic heterocycles. The van der Waals surface area contributed by atoms with Crippen molar-refractivity contribution < 1.29 is 4.92 Å². The van der Waals surface area contributed by atoms with E-state index >= 15 is 0 Å². The van der Waals surface area contributed by atoms with Crippen LogP contribution in [0.3, 0.4) is 0 Å². The molecular weight excluding hydrogens is 288 g/mol. The van der Waals surface area contributed by atoms with Crippen LogP contribution >= 0.6 is 0 Å². The molecule has 1 aliphatic rings. The average Bonchev–Trinajstić information content (AvgIpc) is 2.55. The van der Waals surface area contributed by atoms with Crippen LogP contribution in [0.1, 0.15) is 44.7 Å². The van der Waals surface area contributed by atoms with Gasteiger partial charge in [-0.1, -0.05) is 49.4 Å². The normalized spacial score (nSPS) is 19.7. The van der Waals surface area contributed by atoms with Crippen LogP contribution < -0.4 is 5.32 Å². The number of rotatable bonds is 4. The summed E-state index contributed by atoms with van der Waals surface area (Å²) < 4.78 is 0. The quantitative estimate of drug-likeness (QED) is 0.652. The van der Waals surface area contributed by atoms with Gasteiger partial charge in [0, 0.05) is 18.4 Å². The summed E-state index contributed by atoms with van der Waals surface area (Å²) in [7, 11) is 0. The Labute approximate surface area is 136 Å². The predicted molar refractivity (Wildman–Crippen MR) is 92.5 cm³/mol. The Morgan fingerprint density at radius 3 is 2.74 bits per heavy atom. The minimum absolute atomic E-state index is 0.0339. The molecule has 0 heterocycles. The highest BCUT2D eigenvalue weighted by atomic mass is 16.6. The van der Waals surface area contributed by atoms with Crippen molar-refractivity contribution in [3.63, 3.8) is 0 Å².